The molecule has 0 atom stereocenters. The number of benzene rings is 1. The molecule has 4 nitrogen and oxygen atoms in total. The van der Waals surface area contributed by atoms with E-state index in [2.05, 4.69) is 0 Å². The molecule has 3 N–H and O–H groups in total. The highest BCUT2D eigenvalue weighted by molar-refractivity contribution is 5.66. The van der Waals surface area contributed by atoms with Crippen LogP contribution in [0.25, 0.3) is 0 Å². The van der Waals surface area contributed by atoms with Gasteiger partial charge in [0.25, 0.3) is 0 Å². The molecule has 0 fully saturated rings. The number of aliphatic carboxylic acids is 1. The Morgan fingerprint density at radius 1 is 1.00 bits per heavy atom. The van der Waals surface area contributed by atoms with Crippen LogP contribution in [0.5, 0.6) is 0 Å². The van der Waals surface area contributed by atoms with Crippen molar-refractivity contribution in [3.05, 3.63) is 35.4 Å². The Labute approximate surface area is 113 Å². The summed E-state index contributed by atoms with van der Waals surface area (Å²) in [5.74, 6) is -0.731. The van der Waals surface area contributed by atoms with Crippen LogP contribution in [-0.2, 0) is 11.2 Å². The van der Waals surface area contributed by atoms with Gasteiger partial charge in [0.2, 0.25) is 0 Å². The van der Waals surface area contributed by atoms with Gasteiger partial charge in [0, 0.05) is 12.0 Å². The number of aryl methyl sites for hydroxylation is 1. The van der Waals surface area contributed by atoms with E-state index in [4.69, 9.17) is 5.11 Å². The highest BCUT2D eigenvalue weighted by atomic mass is 16.5. The van der Waals surface area contributed by atoms with E-state index in [1.807, 2.05) is 12.1 Å². The third kappa shape index (κ3) is 6.36. The third-order valence-electron chi connectivity index (χ3n) is 3.17. The minimum absolute atomic E-state index is 0.250. The predicted molar refractivity (Wildman–Crippen MR) is 72.7 cm³/mol. The third-order valence-corrected chi connectivity index (χ3v) is 3.17. The van der Waals surface area contributed by atoms with E-state index in [1.54, 1.807) is 12.1 Å². The number of carbonyl (C=O) groups is 1. The molecular weight excluding hydrogens is 244 g/mol. The smallest absolute Gasteiger partial charge is 0.303 e. The summed E-state index contributed by atoms with van der Waals surface area (Å²) in [5.41, 5.74) is 1.55. The van der Waals surface area contributed by atoms with Crippen molar-refractivity contribution in [1.29, 1.82) is 0 Å². The molecule has 1 rings (SSSR count). The Morgan fingerprint density at radius 3 is 2.32 bits per heavy atom. The van der Waals surface area contributed by atoms with Gasteiger partial charge in [-0.25, -0.2) is 0 Å². The standard InChI is InChI=1S/C15H22O4/c16-14(17)11-5-3-1-2-4-8-12-9-6-7-10-13(12)15(18)19/h6-7,9-10,15,18-19H,1-5,8,11H2,(H,16,17). The van der Waals surface area contributed by atoms with Crippen molar-refractivity contribution in [3.8, 4) is 0 Å². The van der Waals surface area contributed by atoms with Crippen LogP contribution in [0, 0.1) is 0 Å². The van der Waals surface area contributed by atoms with E-state index in [-0.39, 0.29) is 6.42 Å². The van der Waals surface area contributed by atoms with E-state index in [0.717, 1.165) is 44.1 Å². The lowest BCUT2D eigenvalue weighted by Gasteiger charge is -2.10. The van der Waals surface area contributed by atoms with Gasteiger partial charge >= 0.3 is 5.97 Å². The maximum absolute atomic E-state index is 10.3. The Morgan fingerprint density at radius 2 is 1.63 bits per heavy atom. The van der Waals surface area contributed by atoms with Crippen LogP contribution in [0.15, 0.2) is 24.3 Å². The summed E-state index contributed by atoms with van der Waals surface area (Å²) in [6, 6.07) is 7.34. The molecule has 0 aliphatic heterocycles. The lowest BCUT2D eigenvalue weighted by atomic mass is 10.00. The van der Waals surface area contributed by atoms with Gasteiger partial charge in [0.1, 0.15) is 0 Å². The summed E-state index contributed by atoms with van der Waals surface area (Å²) in [7, 11) is 0. The number of carboxylic acids is 1. The summed E-state index contributed by atoms with van der Waals surface area (Å²) in [6.45, 7) is 0. The number of unbranched alkanes of at least 4 members (excludes halogenated alkanes) is 4. The number of aliphatic hydroxyl groups is 2. The van der Waals surface area contributed by atoms with Crippen molar-refractivity contribution < 1.29 is 20.1 Å². The van der Waals surface area contributed by atoms with E-state index < -0.39 is 12.3 Å². The van der Waals surface area contributed by atoms with E-state index in [9.17, 15) is 15.0 Å². The molecule has 19 heavy (non-hydrogen) atoms. The van der Waals surface area contributed by atoms with Crippen LogP contribution in [0.1, 0.15) is 55.9 Å². The average molecular weight is 266 g/mol. The zero-order chi connectivity index (χ0) is 14.1. The summed E-state index contributed by atoms with van der Waals surface area (Å²) in [6.07, 6.45) is 4.39. The SMILES string of the molecule is O=C(O)CCCCCCCc1ccccc1C(O)O. The second kappa shape index (κ2) is 8.67. The first-order chi connectivity index (χ1) is 9.11. The molecule has 1 aromatic rings. The zero-order valence-electron chi connectivity index (χ0n) is 11.1. The van der Waals surface area contributed by atoms with Gasteiger partial charge in [-0.2, -0.15) is 0 Å². The number of aliphatic hydroxyl groups excluding tert-OH is 1. The summed E-state index contributed by atoms with van der Waals surface area (Å²) in [4.78, 5) is 10.3. The van der Waals surface area contributed by atoms with Gasteiger partial charge < -0.3 is 15.3 Å². The lowest BCUT2D eigenvalue weighted by molar-refractivity contribution is -0.137. The highest BCUT2D eigenvalue weighted by Gasteiger charge is 2.07. The van der Waals surface area contributed by atoms with Crippen LogP contribution < -0.4 is 0 Å². The largest absolute Gasteiger partial charge is 0.481 e. The molecule has 0 aliphatic rings. The molecule has 0 saturated carbocycles. The predicted octanol–water partition coefficient (Wildman–Crippen LogP) is 2.64. The van der Waals surface area contributed by atoms with E-state index in [1.165, 1.54) is 0 Å². The van der Waals surface area contributed by atoms with Crippen LogP contribution in [0.3, 0.4) is 0 Å². The molecule has 4 heteroatoms. The normalized spacial score (nSPS) is 10.9. The second-order valence-electron chi connectivity index (χ2n) is 4.73. The number of carboxylic acid groups (broad SMARTS) is 1. The molecular formula is C15H22O4. The molecule has 0 radical (unpaired) electrons. The Kier molecular flexibility index (Phi) is 7.15. The average Bonchev–Trinajstić information content (AvgIpc) is 2.37. The van der Waals surface area contributed by atoms with Crippen LogP contribution in [0.2, 0.25) is 0 Å². The topological polar surface area (TPSA) is 77.8 Å². The number of hydrogen-bond acceptors (Lipinski definition) is 3. The van der Waals surface area contributed by atoms with Crippen LogP contribution in [0.4, 0.5) is 0 Å². The van der Waals surface area contributed by atoms with E-state index >= 15 is 0 Å². The van der Waals surface area contributed by atoms with Crippen molar-refractivity contribution in [2.24, 2.45) is 0 Å². The molecule has 0 amide bonds. The molecule has 0 spiro atoms. The van der Waals surface area contributed by atoms with Crippen molar-refractivity contribution in [2.75, 3.05) is 0 Å². The van der Waals surface area contributed by atoms with Gasteiger partial charge in [0.05, 0.1) is 0 Å². The number of rotatable bonds is 9. The first-order valence-corrected chi connectivity index (χ1v) is 6.77. The maximum Gasteiger partial charge on any atom is 0.303 e. The minimum Gasteiger partial charge on any atom is -0.481 e. The summed E-state index contributed by atoms with van der Waals surface area (Å²) >= 11 is 0. The summed E-state index contributed by atoms with van der Waals surface area (Å²) < 4.78 is 0. The van der Waals surface area contributed by atoms with Crippen LogP contribution >= 0.6 is 0 Å². The fourth-order valence-corrected chi connectivity index (χ4v) is 2.14. The zero-order valence-corrected chi connectivity index (χ0v) is 11.1. The highest BCUT2D eigenvalue weighted by Crippen LogP contribution is 2.18. The molecule has 0 aliphatic carbocycles. The summed E-state index contributed by atoms with van der Waals surface area (Å²) in [5, 5.41) is 27.0. The Hall–Kier alpha value is -1.39. The van der Waals surface area contributed by atoms with Crippen molar-refractivity contribution in [1.82, 2.24) is 0 Å². The lowest BCUT2D eigenvalue weighted by Crippen LogP contribution is -2.00. The van der Waals surface area contributed by atoms with E-state index in [0.29, 0.717) is 5.56 Å². The molecule has 0 aromatic heterocycles. The van der Waals surface area contributed by atoms with Gasteiger partial charge in [-0.3, -0.25) is 4.79 Å². The van der Waals surface area contributed by atoms with Gasteiger partial charge in [-0.05, 0) is 24.8 Å². The van der Waals surface area contributed by atoms with Crippen LogP contribution in [-0.4, -0.2) is 21.3 Å². The minimum atomic E-state index is -1.41. The fraction of sp³-hybridized carbons (Fsp3) is 0.533. The molecule has 106 valence electrons. The fourth-order valence-electron chi connectivity index (χ4n) is 2.14. The Balaban J connectivity index is 2.21. The van der Waals surface area contributed by atoms with Gasteiger partial charge in [-0.15, -0.1) is 0 Å². The van der Waals surface area contributed by atoms with Crippen molar-refractivity contribution in [3.63, 3.8) is 0 Å². The molecule has 0 saturated heterocycles. The van der Waals surface area contributed by atoms with Crippen molar-refractivity contribution >= 4 is 5.97 Å². The first kappa shape index (κ1) is 15.7. The quantitative estimate of drug-likeness (QED) is 0.474. The Bertz CT molecular complexity index is 387. The maximum atomic E-state index is 10.3. The second-order valence-corrected chi connectivity index (χ2v) is 4.73. The number of hydrogen-bond donors (Lipinski definition) is 3. The molecule has 0 unspecified atom stereocenters. The molecule has 0 heterocycles. The first-order valence-electron chi connectivity index (χ1n) is 6.77. The van der Waals surface area contributed by atoms with Gasteiger partial charge in [0.15, 0.2) is 6.29 Å². The van der Waals surface area contributed by atoms with Gasteiger partial charge in [-0.1, -0.05) is 43.5 Å². The molecule has 1 aromatic carbocycles. The monoisotopic (exact) mass is 266 g/mol. The molecule has 0 bridgehead atoms. The van der Waals surface area contributed by atoms with Crippen molar-refractivity contribution in [2.45, 2.75) is 51.2 Å².